The van der Waals surface area contributed by atoms with E-state index in [1.54, 1.807) is 11.3 Å². The van der Waals surface area contributed by atoms with E-state index in [1.165, 1.54) is 4.88 Å². The first-order valence-corrected chi connectivity index (χ1v) is 7.40. The molecule has 0 spiro atoms. The Labute approximate surface area is 113 Å². The predicted molar refractivity (Wildman–Crippen MR) is 75.6 cm³/mol. The minimum absolute atomic E-state index is 0.0597. The molecule has 0 aromatic carbocycles. The predicted octanol–water partition coefficient (Wildman–Crippen LogP) is 2.40. The van der Waals surface area contributed by atoms with Crippen LogP contribution in [0.15, 0.2) is 6.20 Å². The number of carbonyl (C=O) groups is 1. The number of hydrogen-bond donors (Lipinski definition) is 2. The summed E-state index contributed by atoms with van der Waals surface area (Å²) in [5.74, 6) is -0.0794. The molecule has 0 aliphatic heterocycles. The highest BCUT2D eigenvalue weighted by Gasteiger charge is 2.17. The van der Waals surface area contributed by atoms with Gasteiger partial charge in [-0.15, -0.1) is 11.3 Å². The zero-order chi connectivity index (χ0) is 13.5. The smallest absolute Gasteiger partial charge is 0.237 e. The number of hydrogen-bond acceptors (Lipinski definition) is 4. The van der Waals surface area contributed by atoms with Gasteiger partial charge in [0.1, 0.15) is 5.01 Å². The van der Waals surface area contributed by atoms with Crippen molar-refractivity contribution in [2.75, 3.05) is 0 Å². The van der Waals surface area contributed by atoms with E-state index in [0.29, 0.717) is 0 Å². The maximum Gasteiger partial charge on any atom is 0.237 e. The molecule has 5 heteroatoms. The van der Waals surface area contributed by atoms with Crippen molar-refractivity contribution < 1.29 is 4.79 Å². The summed E-state index contributed by atoms with van der Waals surface area (Å²) in [5.41, 5.74) is 5.83. The van der Waals surface area contributed by atoms with Crippen LogP contribution in [0.25, 0.3) is 0 Å². The third-order valence-corrected chi connectivity index (χ3v) is 4.18. The third kappa shape index (κ3) is 4.38. The monoisotopic (exact) mass is 269 g/mol. The Morgan fingerprint density at radius 2 is 2.28 bits per heavy atom. The highest BCUT2D eigenvalue weighted by atomic mass is 32.1. The number of aryl methyl sites for hydroxylation is 1. The van der Waals surface area contributed by atoms with Crippen molar-refractivity contribution in [2.24, 2.45) is 5.73 Å². The van der Waals surface area contributed by atoms with E-state index >= 15 is 0 Å². The topological polar surface area (TPSA) is 68.0 Å². The SMILES string of the molecule is CCCCC(N)C(=O)NC(C)c1ncc(CC)s1. The van der Waals surface area contributed by atoms with Crippen molar-refractivity contribution in [3.05, 3.63) is 16.1 Å². The molecule has 2 atom stereocenters. The van der Waals surface area contributed by atoms with Gasteiger partial charge in [0, 0.05) is 11.1 Å². The molecule has 0 saturated heterocycles. The van der Waals surface area contributed by atoms with Crippen LogP contribution >= 0.6 is 11.3 Å². The fraction of sp³-hybridized carbons (Fsp3) is 0.692. The minimum Gasteiger partial charge on any atom is -0.346 e. The fourth-order valence-corrected chi connectivity index (χ4v) is 2.48. The van der Waals surface area contributed by atoms with Gasteiger partial charge in [-0.2, -0.15) is 0 Å². The maximum absolute atomic E-state index is 11.8. The van der Waals surface area contributed by atoms with Crippen molar-refractivity contribution in [1.29, 1.82) is 0 Å². The molecule has 0 radical (unpaired) electrons. The van der Waals surface area contributed by atoms with Crippen molar-refractivity contribution in [3.8, 4) is 0 Å². The molecular weight excluding hydrogens is 246 g/mol. The Hall–Kier alpha value is -0.940. The van der Waals surface area contributed by atoms with Gasteiger partial charge in [-0.05, 0) is 19.8 Å². The van der Waals surface area contributed by atoms with Gasteiger partial charge in [-0.25, -0.2) is 4.98 Å². The first kappa shape index (κ1) is 15.1. The second-order valence-corrected chi connectivity index (χ2v) is 5.64. The van der Waals surface area contributed by atoms with E-state index in [0.717, 1.165) is 30.7 Å². The summed E-state index contributed by atoms with van der Waals surface area (Å²) < 4.78 is 0. The molecule has 0 saturated carbocycles. The number of nitrogens with one attached hydrogen (secondary N) is 1. The first-order valence-electron chi connectivity index (χ1n) is 6.59. The lowest BCUT2D eigenvalue weighted by Gasteiger charge is -2.15. The van der Waals surface area contributed by atoms with E-state index in [-0.39, 0.29) is 11.9 Å². The second-order valence-electron chi connectivity index (χ2n) is 4.50. The lowest BCUT2D eigenvalue weighted by atomic mass is 10.1. The Balaban J connectivity index is 2.48. The molecule has 3 N–H and O–H groups in total. The molecule has 1 aromatic rings. The molecule has 18 heavy (non-hydrogen) atoms. The van der Waals surface area contributed by atoms with Gasteiger partial charge < -0.3 is 11.1 Å². The van der Waals surface area contributed by atoms with Gasteiger partial charge in [0.25, 0.3) is 0 Å². The lowest BCUT2D eigenvalue weighted by molar-refractivity contribution is -0.123. The maximum atomic E-state index is 11.8. The van der Waals surface area contributed by atoms with Gasteiger partial charge in [-0.1, -0.05) is 26.7 Å². The summed E-state index contributed by atoms with van der Waals surface area (Å²) in [4.78, 5) is 17.4. The number of unbranched alkanes of at least 4 members (excludes halogenated alkanes) is 1. The lowest BCUT2D eigenvalue weighted by Crippen LogP contribution is -2.41. The molecule has 1 heterocycles. The van der Waals surface area contributed by atoms with Crippen LogP contribution in [0.1, 0.15) is 56.0 Å². The summed E-state index contributed by atoms with van der Waals surface area (Å²) in [6.07, 6.45) is 5.64. The van der Waals surface area contributed by atoms with E-state index < -0.39 is 6.04 Å². The van der Waals surface area contributed by atoms with Crippen LogP contribution in [0.5, 0.6) is 0 Å². The highest BCUT2D eigenvalue weighted by molar-refractivity contribution is 7.11. The van der Waals surface area contributed by atoms with Crippen LogP contribution in [0.2, 0.25) is 0 Å². The summed E-state index contributed by atoms with van der Waals surface area (Å²) in [6.45, 7) is 6.14. The fourth-order valence-electron chi connectivity index (χ4n) is 1.62. The quantitative estimate of drug-likeness (QED) is 0.798. The Kier molecular flexibility index (Phi) is 6.29. The standard InChI is InChI=1S/C13H23N3OS/c1-4-6-7-11(14)12(17)16-9(3)13-15-8-10(5-2)18-13/h8-9,11H,4-7,14H2,1-3H3,(H,16,17). The van der Waals surface area contributed by atoms with Crippen LogP contribution in [0, 0.1) is 0 Å². The molecule has 0 bridgehead atoms. The largest absolute Gasteiger partial charge is 0.346 e. The van der Waals surface area contributed by atoms with Gasteiger partial charge in [0.2, 0.25) is 5.91 Å². The molecule has 0 fully saturated rings. The molecule has 1 aromatic heterocycles. The van der Waals surface area contributed by atoms with Gasteiger partial charge in [-0.3, -0.25) is 4.79 Å². The summed E-state index contributed by atoms with van der Waals surface area (Å²) in [7, 11) is 0. The van der Waals surface area contributed by atoms with Crippen molar-refractivity contribution in [2.45, 2.75) is 58.5 Å². The number of aromatic nitrogens is 1. The zero-order valence-electron chi connectivity index (χ0n) is 11.4. The van der Waals surface area contributed by atoms with Crippen molar-refractivity contribution in [1.82, 2.24) is 10.3 Å². The molecular formula is C13H23N3OS. The second kappa shape index (κ2) is 7.48. The molecule has 2 unspecified atom stereocenters. The number of carbonyl (C=O) groups excluding carboxylic acids is 1. The molecule has 0 aliphatic rings. The molecule has 4 nitrogen and oxygen atoms in total. The van der Waals surface area contributed by atoms with Crippen molar-refractivity contribution in [3.63, 3.8) is 0 Å². The summed E-state index contributed by atoms with van der Waals surface area (Å²) >= 11 is 1.65. The number of amides is 1. The average molecular weight is 269 g/mol. The van der Waals surface area contributed by atoms with Crippen LogP contribution < -0.4 is 11.1 Å². The molecule has 0 aliphatic carbocycles. The van der Waals surface area contributed by atoms with E-state index in [2.05, 4.69) is 24.1 Å². The Morgan fingerprint density at radius 1 is 1.56 bits per heavy atom. The van der Waals surface area contributed by atoms with Gasteiger partial charge in [0.05, 0.1) is 12.1 Å². The van der Waals surface area contributed by atoms with Crippen LogP contribution in [-0.4, -0.2) is 16.9 Å². The minimum atomic E-state index is -0.405. The third-order valence-electron chi connectivity index (χ3n) is 2.85. The zero-order valence-corrected chi connectivity index (χ0v) is 12.2. The summed E-state index contributed by atoms with van der Waals surface area (Å²) in [6, 6.07) is -0.464. The van der Waals surface area contributed by atoms with Crippen LogP contribution in [0.3, 0.4) is 0 Å². The number of rotatable bonds is 7. The van der Waals surface area contributed by atoms with Crippen LogP contribution in [-0.2, 0) is 11.2 Å². The van der Waals surface area contributed by atoms with Crippen LogP contribution in [0.4, 0.5) is 0 Å². The molecule has 1 rings (SSSR count). The van der Waals surface area contributed by atoms with Crippen molar-refractivity contribution >= 4 is 17.2 Å². The van der Waals surface area contributed by atoms with E-state index in [4.69, 9.17) is 5.73 Å². The van der Waals surface area contributed by atoms with Gasteiger partial charge in [0.15, 0.2) is 0 Å². The number of nitrogens with zero attached hydrogens (tertiary/aromatic N) is 1. The Morgan fingerprint density at radius 3 is 2.83 bits per heavy atom. The van der Waals surface area contributed by atoms with E-state index in [1.807, 2.05) is 13.1 Å². The number of thiazole rings is 1. The molecule has 102 valence electrons. The van der Waals surface area contributed by atoms with E-state index in [9.17, 15) is 4.79 Å². The molecule has 1 amide bonds. The first-order chi connectivity index (χ1) is 8.58. The van der Waals surface area contributed by atoms with Gasteiger partial charge >= 0.3 is 0 Å². The normalized spacial score (nSPS) is 14.2. The highest BCUT2D eigenvalue weighted by Crippen LogP contribution is 2.20. The average Bonchev–Trinajstić information content (AvgIpc) is 2.84. The number of nitrogens with two attached hydrogens (primary N) is 1. The Bertz CT molecular complexity index is 378. The summed E-state index contributed by atoms with van der Waals surface area (Å²) in [5, 5.41) is 3.87.